The van der Waals surface area contributed by atoms with E-state index < -0.39 is 0 Å². The highest BCUT2D eigenvalue weighted by Crippen LogP contribution is 2.28. The highest BCUT2D eigenvalue weighted by Gasteiger charge is 2.30. The second-order valence-electron chi connectivity index (χ2n) is 8.05. The summed E-state index contributed by atoms with van der Waals surface area (Å²) < 4.78 is 5.40. The maximum atomic E-state index is 13.2. The molecular weight excluding hydrogens is 342 g/mol. The zero-order valence-corrected chi connectivity index (χ0v) is 17.3. The lowest BCUT2D eigenvalue weighted by Crippen LogP contribution is -2.43. The first-order valence-electron chi connectivity index (χ1n) is 10.5. The van der Waals surface area contributed by atoms with Crippen LogP contribution in [0.4, 0.5) is 0 Å². The molecule has 1 aromatic heterocycles. The lowest BCUT2D eigenvalue weighted by Gasteiger charge is -2.34. The first kappa shape index (κ1) is 21.5. The van der Waals surface area contributed by atoms with Crippen LogP contribution in [0.15, 0.2) is 10.6 Å². The Hall–Kier alpha value is -1.85. The van der Waals surface area contributed by atoms with Crippen LogP contribution in [0.3, 0.4) is 0 Å². The van der Waals surface area contributed by atoms with E-state index in [9.17, 15) is 9.59 Å². The van der Waals surface area contributed by atoms with Crippen LogP contribution in [-0.2, 0) is 11.3 Å². The van der Waals surface area contributed by atoms with E-state index >= 15 is 0 Å². The molecular formula is C21H35N3O3. The van der Waals surface area contributed by atoms with Gasteiger partial charge in [-0.1, -0.05) is 52.1 Å². The molecule has 1 fully saturated rings. The predicted octanol–water partition coefficient (Wildman–Crippen LogP) is 4.16. The zero-order chi connectivity index (χ0) is 19.8. The number of nitrogens with zero attached hydrogens (tertiary/aromatic N) is 2. The maximum absolute atomic E-state index is 13.2. The minimum absolute atomic E-state index is 0.121. The van der Waals surface area contributed by atoms with Crippen molar-refractivity contribution >= 4 is 11.8 Å². The van der Waals surface area contributed by atoms with E-state index in [0.29, 0.717) is 24.8 Å². The van der Waals surface area contributed by atoms with Crippen LogP contribution in [0.2, 0.25) is 0 Å². The van der Waals surface area contributed by atoms with Crippen molar-refractivity contribution in [2.75, 3.05) is 6.54 Å². The summed E-state index contributed by atoms with van der Waals surface area (Å²) in [6.45, 7) is 9.28. The molecule has 0 saturated heterocycles. The fourth-order valence-electron chi connectivity index (χ4n) is 3.75. The van der Waals surface area contributed by atoms with Gasteiger partial charge in [-0.15, -0.1) is 0 Å². The Bertz CT molecular complexity index is 602. The third-order valence-corrected chi connectivity index (χ3v) is 5.41. The van der Waals surface area contributed by atoms with E-state index in [1.807, 2.05) is 18.7 Å². The fourth-order valence-corrected chi connectivity index (χ4v) is 3.75. The summed E-state index contributed by atoms with van der Waals surface area (Å²) in [5.41, 5.74) is 0.278. The van der Waals surface area contributed by atoms with Crippen LogP contribution in [-0.4, -0.2) is 34.5 Å². The number of rotatable bonds is 9. The summed E-state index contributed by atoms with van der Waals surface area (Å²) in [5.74, 6) is 1.06. The normalized spacial score (nSPS) is 15.3. The topological polar surface area (TPSA) is 75.4 Å². The van der Waals surface area contributed by atoms with Gasteiger partial charge in [0.05, 0.1) is 6.54 Å². The van der Waals surface area contributed by atoms with Crippen molar-refractivity contribution in [1.82, 2.24) is 15.4 Å². The largest absolute Gasteiger partial charge is 0.359 e. The fraction of sp³-hybridized carbons (Fsp3) is 0.762. The molecule has 1 saturated carbocycles. The van der Waals surface area contributed by atoms with Crippen LogP contribution < -0.4 is 5.32 Å². The average Bonchev–Trinajstić information content (AvgIpc) is 3.15. The number of amides is 2. The first-order chi connectivity index (χ1) is 13.0. The Balaban J connectivity index is 2.08. The van der Waals surface area contributed by atoms with Gasteiger partial charge in [-0.2, -0.15) is 0 Å². The standard InChI is InChI=1S/C21H35N3O3/c1-5-17(6-2)24(21(26)16-10-8-7-9-11-16)14-18-12-19(23-27-18)20(25)22-13-15(3)4/h12,15-17H,5-11,13-14H2,1-4H3,(H,22,25). The third kappa shape index (κ3) is 6.08. The summed E-state index contributed by atoms with van der Waals surface area (Å²) >= 11 is 0. The highest BCUT2D eigenvalue weighted by molar-refractivity contribution is 5.92. The molecule has 0 bridgehead atoms. The van der Waals surface area contributed by atoms with Gasteiger partial charge in [-0.05, 0) is 31.6 Å². The minimum Gasteiger partial charge on any atom is -0.359 e. The molecule has 27 heavy (non-hydrogen) atoms. The lowest BCUT2D eigenvalue weighted by molar-refractivity contribution is -0.140. The molecule has 6 nitrogen and oxygen atoms in total. The average molecular weight is 378 g/mol. The first-order valence-corrected chi connectivity index (χ1v) is 10.5. The van der Waals surface area contributed by atoms with E-state index in [-0.39, 0.29) is 29.5 Å². The van der Waals surface area contributed by atoms with Gasteiger partial charge >= 0.3 is 0 Å². The molecule has 1 N–H and O–H groups in total. The molecule has 0 spiro atoms. The monoisotopic (exact) mass is 377 g/mol. The molecule has 0 aliphatic heterocycles. The van der Waals surface area contributed by atoms with Gasteiger partial charge in [0, 0.05) is 24.6 Å². The van der Waals surface area contributed by atoms with Gasteiger partial charge < -0.3 is 14.7 Å². The molecule has 2 rings (SSSR count). The SMILES string of the molecule is CCC(CC)N(Cc1cc(C(=O)NCC(C)C)no1)C(=O)C1CCCCC1. The minimum atomic E-state index is -0.230. The summed E-state index contributed by atoms with van der Waals surface area (Å²) in [6, 6.07) is 1.85. The van der Waals surface area contributed by atoms with Gasteiger partial charge in [-0.3, -0.25) is 9.59 Å². The molecule has 0 atom stereocenters. The van der Waals surface area contributed by atoms with E-state index in [1.54, 1.807) is 6.07 Å². The van der Waals surface area contributed by atoms with E-state index in [0.717, 1.165) is 38.5 Å². The van der Waals surface area contributed by atoms with Crippen LogP contribution in [0.5, 0.6) is 0 Å². The van der Waals surface area contributed by atoms with Crippen molar-refractivity contribution in [3.63, 3.8) is 0 Å². The van der Waals surface area contributed by atoms with Crippen LogP contribution in [0.1, 0.15) is 88.9 Å². The molecule has 152 valence electrons. The van der Waals surface area contributed by atoms with Crippen molar-refractivity contribution in [3.8, 4) is 0 Å². The maximum Gasteiger partial charge on any atom is 0.273 e. The number of aromatic nitrogens is 1. The second kappa shape index (κ2) is 10.5. The highest BCUT2D eigenvalue weighted by atomic mass is 16.5. The Morgan fingerprint density at radius 1 is 1.22 bits per heavy atom. The van der Waals surface area contributed by atoms with Gasteiger partial charge in [0.25, 0.3) is 5.91 Å². The van der Waals surface area contributed by atoms with Gasteiger partial charge in [-0.25, -0.2) is 0 Å². The Morgan fingerprint density at radius 2 is 1.89 bits per heavy atom. The Morgan fingerprint density at radius 3 is 2.48 bits per heavy atom. The number of hydrogen-bond acceptors (Lipinski definition) is 4. The lowest BCUT2D eigenvalue weighted by atomic mass is 9.87. The smallest absolute Gasteiger partial charge is 0.273 e. The van der Waals surface area contributed by atoms with Gasteiger partial charge in [0.1, 0.15) is 0 Å². The summed E-state index contributed by atoms with van der Waals surface area (Å²) in [7, 11) is 0. The quantitative estimate of drug-likeness (QED) is 0.701. The molecule has 0 unspecified atom stereocenters. The summed E-state index contributed by atoms with van der Waals surface area (Å²) in [6.07, 6.45) is 7.27. The molecule has 1 aliphatic carbocycles. The van der Waals surface area contributed by atoms with Crippen molar-refractivity contribution in [3.05, 3.63) is 17.5 Å². The van der Waals surface area contributed by atoms with Crippen molar-refractivity contribution in [1.29, 1.82) is 0 Å². The number of nitrogens with one attached hydrogen (secondary N) is 1. The number of hydrogen-bond donors (Lipinski definition) is 1. The molecule has 1 aliphatic rings. The summed E-state index contributed by atoms with van der Waals surface area (Å²) in [4.78, 5) is 27.3. The molecule has 0 radical (unpaired) electrons. The molecule has 6 heteroatoms. The Labute approximate surface area is 163 Å². The van der Waals surface area contributed by atoms with E-state index in [1.165, 1.54) is 6.42 Å². The van der Waals surface area contributed by atoms with E-state index in [2.05, 4.69) is 24.3 Å². The molecule has 2 amide bonds. The van der Waals surface area contributed by atoms with Crippen LogP contribution in [0.25, 0.3) is 0 Å². The van der Waals surface area contributed by atoms with Crippen molar-refractivity contribution < 1.29 is 14.1 Å². The van der Waals surface area contributed by atoms with Crippen molar-refractivity contribution in [2.24, 2.45) is 11.8 Å². The van der Waals surface area contributed by atoms with E-state index in [4.69, 9.17) is 4.52 Å². The predicted molar refractivity (Wildman–Crippen MR) is 105 cm³/mol. The third-order valence-electron chi connectivity index (χ3n) is 5.41. The molecule has 1 heterocycles. The van der Waals surface area contributed by atoms with Crippen molar-refractivity contribution in [2.45, 2.75) is 85.2 Å². The Kier molecular flexibility index (Phi) is 8.32. The van der Waals surface area contributed by atoms with Gasteiger partial charge in [0.2, 0.25) is 5.91 Å². The second-order valence-corrected chi connectivity index (χ2v) is 8.05. The molecule has 1 aromatic rings. The zero-order valence-electron chi connectivity index (χ0n) is 17.3. The molecule has 0 aromatic carbocycles. The van der Waals surface area contributed by atoms with Crippen LogP contribution >= 0.6 is 0 Å². The van der Waals surface area contributed by atoms with Crippen LogP contribution in [0, 0.1) is 11.8 Å². The number of carbonyl (C=O) groups is 2. The summed E-state index contributed by atoms with van der Waals surface area (Å²) in [5, 5.41) is 6.75. The number of carbonyl (C=O) groups excluding carboxylic acids is 2. The van der Waals surface area contributed by atoms with Gasteiger partial charge in [0.15, 0.2) is 11.5 Å².